The Bertz CT molecular complexity index is 990. The molecule has 0 aliphatic carbocycles. The van der Waals surface area contributed by atoms with Crippen LogP contribution in [0.15, 0.2) is 36.8 Å². The van der Waals surface area contributed by atoms with Crippen molar-refractivity contribution in [2.75, 3.05) is 24.5 Å². The normalized spacial score (nSPS) is 16.8. The van der Waals surface area contributed by atoms with E-state index in [1.54, 1.807) is 12.4 Å². The second-order valence-electron chi connectivity index (χ2n) is 7.90. The first-order chi connectivity index (χ1) is 15.8. The van der Waals surface area contributed by atoms with Crippen LogP contribution in [0.2, 0.25) is 5.02 Å². The molecule has 1 spiro atoms. The van der Waals surface area contributed by atoms with E-state index >= 15 is 0 Å². The monoisotopic (exact) mass is 474 g/mol. The van der Waals surface area contributed by atoms with Gasteiger partial charge in [-0.05, 0) is 25.0 Å². The molecule has 2 aliphatic heterocycles. The molecule has 0 bridgehead atoms. The number of carbonyl (C=O) groups is 1. The molecule has 0 radical (unpaired) electrons. The maximum absolute atomic E-state index is 10.7. The van der Waals surface area contributed by atoms with Crippen molar-refractivity contribution in [3.05, 3.63) is 53.1 Å². The highest BCUT2D eigenvalue weighted by molar-refractivity contribution is 6.31. The molecule has 1 aromatic heterocycles. The van der Waals surface area contributed by atoms with Crippen LogP contribution in [0.1, 0.15) is 44.4 Å². The lowest BCUT2D eigenvalue weighted by molar-refractivity contribution is -0.137. The van der Waals surface area contributed by atoms with E-state index in [-0.39, 0.29) is 17.8 Å². The van der Waals surface area contributed by atoms with Crippen molar-refractivity contribution in [3.8, 4) is 5.75 Å². The van der Waals surface area contributed by atoms with Gasteiger partial charge in [-0.3, -0.25) is 4.79 Å². The molecule has 9 nitrogen and oxygen atoms in total. The van der Waals surface area contributed by atoms with Crippen LogP contribution < -0.4 is 21.2 Å². The van der Waals surface area contributed by atoms with Crippen LogP contribution >= 0.6 is 11.6 Å². The van der Waals surface area contributed by atoms with Gasteiger partial charge in [0.25, 0.3) is 0 Å². The Morgan fingerprint density at radius 2 is 2.00 bits per heavy atom. The molecule has 1 saturated heterocycles. The first kappa shape index (κ1) is 24.6. The number of piperidine rings is 1. The largest absolute Gasteiger partial charge is 0.487 e. The van der Waals surface area contributed by atoms with Crippen molar-refractivity contribution in [1.82, 2.24) is 15.0 Å². The van der Waals surface area contributed by atoms with Crippen molar-refractivity contribution >= 4 is 29.1 Å². The fourth-order valence-electron chi connectivity index (χ4n) is 4.09. The molecular formula is C23H31ClN6O3. The summed E-state index contributed by atoms with van der Waals surface area (Å²) in [6.45, 7) is 5.26. The number of hydrogen-bond acceptors (Lipinski definition) is 8. The lowest BCUT2D eigenvalue weighted by Gasteiger charge is -2.45. The maximum atomic E-state index is 10.7. The molecular weight excluding hydrogens is 444 g/mol. The third kappa shape index (κ3) is 5.85. The number of nitrogens with two attached hydrogens (primary N) is 2. The molecule has 33 heavy (non-hydrogen) atoms. The predicted molar refractivity (Wildman–Crippen MR) is 129 cm³/mol. The number of rotatable bonds is 5. The zero-order valence-electron chi connectivity index (χ0n) is 19.0. The lowest BCUT2D eigenvalue weighted by Crippen LogP contribution is -2.50. The zero-order chi connectivity index (χ0) is 24.0. The van der Waals surface area contributed by atoms with Gasteiger partial charge in [-0.15, -0.1) is 0 Å². The number of anilines is 1. The van der Waals surface area contributed by atoms with Crippen LogP contribution in [-0.4, -0.2) is 51.3 Å². The highest BCUT2D eigenvalue weighted by Gasteiger charge is 2.40. The fourth-order valence-corrected chi connectivity index (χ4v) is 4.35. The molecule has 10 heteroatoms. The Balaban J connectivity index is 0.00000149. The van der Waals surface area contributed by atoms with Crippen LogP contribution in [0.4, 0.5) is 5.82 Å². The number of hydrazine groups is 1. The summed E-state index contributed by atoms with van der Waals surface area (Å²) in [4.78, 5) is 21.7. The molecule has 0 unspecified atom stereocenters. The van der Waals surface area contributed by atoms with Crippen molar-refractivity contribution in [2.45, 2.75) is 45.1 Å². The number of aromatic nitrogens is 2. The minimum atomic E-state index is -1.05. The fraction of sp³-hybridized carbons (Fsp3) is 0.435. The van der Waals surface area contributed by atoms with E-state index in [4.69, 9.17) is 33.0 Å². The van der Waals surface area contributed by atoms with E-state index in [1.807, 2.05) is 32.0 Å². The summed E-state index contributed by atoms with van der Waals surface area (Å²) in [5.74, 6) is 6.20. The van der Waals surface area contributed by atoms with Crippen molar-refractivity contribution < 1.29 is 14.6 Å². The summed E-state index contributed by atoms with van der Waals surface area (Å²) in [7, 11) is 0. The first-order valence-electron chi connectivity index (χ1n) is 11.1. The summed E-state index contributed by atoms with van der Waals surface area (Å²) < 4.78 is 6.41. The van der Waals surface area contributed by atoms with E-state index in [0.29, 0.717) is 5.69 Å². The molecule has 5 N–H and O–H groups in total. The van der Waals surface area contributed by atoms with Gasteiger partial charge in [0.1, 0.15) is 29.4 Å². The van der Waals surface area contributed by atoms with E-state index in [9.17, 15) is 4.79 Å². The second-order valence-corrected chi connectivity index (χ2v) is 8.31. The van der Waals surface area contributed by atoms with Gasteiger partial charge in [0.15, 0.2) is 0 Å². The second kappa shape index (κ2) is 10.7. The third-order valence-corrected chi connectivity index (χ3v) is 6.14. The number of hydrogen-bond donors (Lipinski definition) is 3. The molecule has 0 saturated carbocycles. The quantitative estimate of drug-likeness (QED) is 0.442. The third-order valence-electron chi connectivity index (χ3n) is 5.79. The number of carboxylic acid groups (broad SMARTS) is 1. The number of nitrogens with zero attached hydrogens (tertiary/aromatic N) is 4. The Morgan fingerprint density at radius 3 is 2.64 bits per heavy atom. The number of carboxylic acids is 1. The highest BCUT2D eigenvalue weighted by atomic mass is 35.5. The topological polar surface area (TPSA) is 131 Å². The summed E-state index contributed by atoms with van der Waals surface area (Å²) >= 11 is 6.31. The van der Waals surface area contributed by atoms with Gasteiger partial charge in [0.2, 0.25) is 0 Å². The minimum Gasteiger partial charge on any atom is -0.487 e. The van der Waals surface area contributed by atoms with E-state index in [0.717, 1.165) is 65.9 Å². The Morgan fingerprint density at radius 1 is 1.27 bits per heavy atom. The van der Waals surface area contributed by atoms with Gasteiger partial charge in [-0.2, -0.15) is 0 Å². The van der Waals surface area contributed by atoms with Crippen LogP contribution in [0, 0.1) is 0 Å². The van der Waals surface area contributed by atoms with Gasteiger partial charge in [-0.25, -0.2) is 15.8 Å². The Hall–Kier alpha value is -3.04. The number of halogens is 1. The molecule has 1 fully saturated rings. The molecule has 178 valence electrons. The summed E-state index contributed by atoms with van der Waals surface area (Å²) in [5, 5.41) is 10.5. The van der Waals surface area contributed by atoms with Crippen molar-refractivity contribution in [1.29, 1.82) is 0 Å². The predicted octanol–water partition coefficient (Wildman–Crippen LogP) is 3.04. The van der Waals surface area contributed by atoms with Gasteiger partial charge in [-0.1, -0.05) is 31.5 Å². The lowest BCUT2D eigenvalue weighted by atomic mass is 9.83. The van der Waals surface area contributed by atoms with Crippen LogP contribution in [0.3, 0.4) is 0 Å². The first-order valence-corrected chi connectivity index (χ1v) is 11.5. The molecule has 1 aromatic carbocycles. The Labute approximate surface area is 199 Å². The zero-order valence-corrected chi connectivity index (χ0v) is 19.8. The average molecular weight is 475 g/mol. The van der Waals surface area contributed by atoms with Crippen LogP contribution in [-0.2, 0) is 11.2 Å². The van der Waals surface area contributed by atoms with E-state index in [2.05, 4.69) is 14.9 Å². The summed E-state index contributed by atoms with van der Waals surface area (Å²) in [5.41, 5.74) is 7.56. The minimum absolute atomic E-state index is 0.163. The average Bonchev–Trinajstić information content (AvgIpc) is 2.80. The van der Waals surface area contributed by atoms with Gasteiger partial charge in [0, 0.05) is 42.7 Å². The summed E-state index contributed by atoms with van der Waals surface area (Å²) in [6.07, 6.45) is 8.22. The standard InChI is InChI=1S/C21H25ClN6O3.C2H6/c22-15-2-1-3-18-14(15)4-5-21(31-18)6-8-27(9-7-21)19-11-25-17(10-26-19)16(23)12-28(24)13-20(29)30;1-2/h1-3,10-12H,4-9,13,23-24H2,(H,29,30);1-2H3/b16-12-;. The SMILES string of the molecule is CC.N/C(=C\N(N)CC(=O)O)c1cnc(N2CCC3(CCc4c(Cl)cccc4O3)CC2)cn1. The van der Waals surface area contributed by atoms with Crippen molar-refractivity contribution in [2.24, 2.45) is 11.6 Å². The maximum Gasteiger partial charge on any atom is 0.324 e. The van der Waals surface area contributed by atoms with Crippen molar-refractivity contribution in [3.63, 3.8) is 0 Å². The van der Waals surface area contributed by atoms with Gasteiger partial charge < -0.3 is 25.5 Å². The smallest absolute Gasteiger partial charge is 0.324 e. The van der Waals surface area contributed by atoms with Gasteiger partial charge >= 0.3 is 5.97 Å². The van der Waals surface area contributed by atoms with E-state index in [1.165, 1.54) is 6.20 Å². The highest BCUT2D eigenvalue weighted by Crippen LogP contribution is 2.42. The molecule has 3 heterocycles. The Kier molecular flexibility index (Phi) is 7.99. The van der Waals surface area contributed by atoms with Crippen LogP contribution in [0.25, 0.3) is 5.70 Å². The van der Waals surface area contributed by atoms with E-state index < -0.39 is 5.97 Å². The number of benzene rings is 1. The molecule has 0 amide bonds. The number of fused-ring (bicyclic) bond motifs is 1. The molecule has 4 rings (SSSR count). The van der Waals surface area contributed by atoms with Gasteiger partial charge in [0.05, 0.1) is 18.1 Å². The number of ether oxygens (including phenoxy) is 1. The van der Waals surface area contributed by atoms with Crippen LogP contribution in [0.5, 0.6) is 5.75 Å². The summed E-state index contributed by atoms with van der Waals surface area (Å²) in [6, 6.07) is 5.83. The molecule has 0 atom stereocenters. The molecule has 2 aliphatic rings. The molecule has 2 aromatic rings. The number of aliphatic carboxylic acids is 1.